The monoisotopic (exact) mass is 362 g/mol. The van der Waals surface area contributed by atoms with Crippen molar-refractivity contribution in [3.05, 3.63) is 52.8 Å². The minimum atomic E-state index is -0.318. The molecule has 2 aliphatic carbocycles. The third kappa shape index (κ3) is 3.41. The van der Waals surface area contributed by atoms with Gasteiger partial charge in [0.15, 0.2) is 0 Å². The largest absolute Gasteiger partial charge is 0.349 e. The van der Waals surface area contributed by atoms with E-state index in [0.29, 0.717) is 11.6 Å². The fourth-order valence-electron chi connectivity index (χ4n) is 4.29. The quantitative estimate of drug-likeness (QED) is 0.808. The van der Waals surface area contributed by atoms with Gasteiger partial charge in [-0.1, -0.05) is 31.0 Å². The van der Waals surface area contributed by atoms with E-state index in [1.54, 1.807) is 6.20 Å². The van der Waals surface area contributed by atoms with Crippen molar-refractivity contribution in [1.82, 2.24) is 10.3 Å². The summed E-state index contributed by atoms with van der Waals surface area (Å²) in [5.74, 6) is -0.0505. The highest BCUT2D eigenvalue weighted by atomic mass is 16.1. The average molecular weight is 362 g/mol. The smallest absolute Gasteiger partial charge is 0.253 e. The predicted molar refractivity (Wildman–Crippen MR) is 106 cm³/mol. The number of hydrogen-bond donors (Lipinski definition) is 1. The van der Waals surface area contributed by atoms with E-state index in [4.69, 9.17) is 0 Å². The Balaban J connectivity index is 1.68. The highest BCUT2D eigenvalue weighted by Crippen LogP contribution is 2.41. The molecule has 0 radical (unpaired) electrons. The molecule has 0 unspecified atom stereocenters. The average Bonchev–Trinajstić information content (AvgIpc) is 3.35. The molecule has 0 spiro atoms. The van der Waals surface area contributed by atoms with Gasteiger partial charge in [0.1, 0.15) is 6.29 Å². The minimum Gasteiger partial charge on any atom is -0.349 e. The molecule has 1 aromatic carbocycles. The maximum atomic E-state index is 12.4. The first-order valence-electron chi connectivity index (χ1n) is 9.88. The zero-order valence-electron chi connectivity index (χ0n) is 16.0. The molecule has 0 atom stereocenters. The van der Waals surface area contributed by atoms with Crippen molar-refractivity contribution in [2.75, 3.05) is 0 Å². The van der Waals surface area contributed by atoms with Crippen molar-refractivity contribution in [3.8, 4) is 11.1 Å². The number of nitrogens with zero attached hydrogens (tertiary/aromatic N) is 1. The zero-order chi connectivity index (χ0) is 19.0. The Labute approximate surface area is 160 Å². The highest BCUT2D eigenvalue weighted by Gasteiger charge is 2.36. The fraction of sp³-hybridized carbons (Fsp3) is 0.435. The number of amides is 1. The molecule has 140 valence electrons. The molecule has 0 bridgehead atoms. The van der Waals surface area contributed by atoms with Crippen molar-refractivity contribution in [2.45, 2.75) is 63.8 Å². The van der Waals surface area contributed by atoms with Gasteiger partial charge < -0.3 is 10.1 Å². The summed E-state index contributed by atoms with van der Waals surface area (Å²) in [4.78, 5) is 28.7. The minimum absolute atomic E-state index is 0.0505. The van der Waals surface area contributed by atoms with Gasteiger partial charge >= 0.3 is 0 Å². The Kier molecular flexibility index (Phi) is 4.58. The molecule has 0 saturated heterocycles. The van der Waals surface area contributed by atoms with Crippen LogP contribution < -0.4 is 5.32 Å². The summed E-state index contributed by atoms with van der Waals surface area (Å²) < 4.78 is 0. The summed E-state index contributed by atoms with van der Waals surface area (Å²) in [6, 6.07) is 8.55. The van der Waals surface area contributed by atoms with E-state index in [-0.39, 0.29) is 11.3 Å². The van der Waals surface area contributed by atoms with E-state index in [2.05, 4.69) is 35.4 Å². The Morgan fingerprint density at radius 3 is 2.56 bits per heavy atom. The third-order valence-electron chi connectivity index (χ3n) is 6.06. The second kappa shape index (κ2) is 6.91. The van der Waals surface area contributed by atoms with Gasteiger partial charge in [-0.05, 0) is 62.3 Å². The van der Waals surface area contributed by atoms with Crippen LogP contribution in [0.3, 0.4) is 0 Å². The van der Waals surface area contributed by atoms with Crippen LogP contribution in [0.1, 0.15) is 65.7 Å². The number of hydrogen-bond acceptors (Lipinski definition) is 3. The van der Waals surface area contributed by atoms with Gasteiger partial charge in [-0.3, -0.25) is 9.78 Å². The Hall–Kier alpha value is -2.49. The van der Waals surface area contributed by atoms with Crippen molar-refractivity contribution in [3.63, 3.8) is 0 Å². The van der Waals surface area contributed by atoms with Gasteiger partial charge in [0.05, 0.1) is 11.0 Å². The van der Waals surface area contributed by atoms with Crippen LogP contribution in [0.4, 0.5) is 0 Å². The number of aldehydes is 1. The summed E-state index contributed by atoms with van der Waals surface area (Å²) in [7, 11) is 0. The molecular formula is C23H26N2O2. The lowest BCUT2D eigenvalue weighted by Gasteiger charge is -2.25. The molecule has 1 amide bonds. The molecule has 2 aromatic rings. The maximum Gasteiger partial charge on any atom is 0.253 e. The highest BCUT2D eigenvalue weighted by molar-refractivity contribution is 5.95. The van der Waals surface area contributed by atoms with Crippen LogP contribution in [0.15, 0.2) is 30.5 Å². The van der Waals surface area contributed by atoms with E-state index in [1.165, 1.54) is 0 Å². The number of benzene rings is 1. The second-order valence-corrected chi connectivity index (χ2v) is 8.12. The fourth-order valence-corrected chi connectivity index (χ4v) is 4.29. The van der Waals surface area contributed by atoms with Gasteiger partial charge in [0.25, 0.3) is 5.91 Å². The number of rotatable bonds is 5. The van der Waals surface area contributed by atoms with Crippen LogP contribution >= 0.6 is 0 Å². The lowest BCUT2D eigenvalue weighted by molar-refractivity contribution is -0.112. The molecule has 4 nitrogen and oxygen atoms in total. The molecule has 0 aliphatic heterocycles. The van der Waals surface area contributed by atoms with Gasteiger partial charge in [-0.2, -0.15) is 0 Å². The first kappa shape index (κ1) is 17.9. The summed E-state index contributed by atoms with van der Waals surface area (Å²) in [5.41, 5.74) is 5.48. The van der Waals surface area contributed by atoms with Crippen molar-refractivity contribution in [2.24, 2.45) is 0 Å². The van der Waals surface area contributed by atoms with Crippen molar-refractivity contribution >= 4 is 12.2 Å². The van der Waals surface area contributed by atoms with Crippen LogP contribution in [0.5, 0.6) is 0 Å². The summed E-state index contributed by atoms with van der Waals surface area (Å²) in [6.07, 6.45) is 9.04. The predicted octanol–water partition coefficient (Wildman–Crippen LogP) is 4.27. The zero-order valence-corrected chi connectivity index (χ0v) is 16.0. The van der Waals surface area contributed by atoms with Crippen LogP contribution in [0.2, 0.25) is 0 Å². The molecule has 2 fully saturated rings. The first-order chi connectivity index (χ1) is 13.0. The van der Waals surface area contributed by atoms with E-state index in [1.807, 2.05) is 13.0 Å². The topological polar surface area (TPSA) is 59.1 Å². The molecule has 2 aliphatic rings. The summed E-state index contributed by atoms with van der Waals surface area (Å²) in [5, 5.41) is 3.02. The number of aromatic nitrogens is 1. The normalized spacial score (nSPS) is 18.3. The standard InChI is InChI=1S/C23H26N2O2/c1-15-11-17(5-8-21(15)23(14-26)9-3-4-10-23)20-12-18(13-24-16(20)2)22(27)25-19-6-7-19/h5,8,11-14,19H,3-4,6-7,9-10H2,1-2H3,(H,25,27). The van der Waals surface area contributed by atoms with E-state index in [9.17, 15) is 9.59 Å². The SMILES string of the molecule is Cc1cc(-c2cc(C(=O)NC3CC3)cnc2C)ccc1C1(C=O)CCCC1. The Morgan fingerprint density at radius 2 is 1.93 bits per heavy atom. The number of pyridine rings is 1. The molecule has 4 rings (SSSR count). The van der Waals surface area contributed by atoms with E-state index >= 15 is 0 Å². The number of nitrogens with one attached hydrogen (secondary N) is 1. The number of carbonyl (C=O) groups is 2. The van der Waals surface area contributed by atoms with Crippen molar-refractivity contribution < 1.29 is 9.59 Å². The van der Waals surface area contributed by atoms with Gasteiger partial charge in [0, 0.05) is 23.5 Å². The van der Waals surface area contributed by atoms with Crippen LogP contribution in [-0.2, 0) is 10.2 Å². The lowest BCUT2D eigenvalue weighted by Crippen LogP contribution is -2.25. The molecular weight excluding hydrogens is 336 g/mol. The molecule has 1 heterocycles. The van der Waals surface area contributed by atoms with Crippen LogP contribution in [0, 0.1) is 13.8 Å². The maximum absolute atomic E-state index is 12.4. The molecule has 27 heavy (non-hydrogen) atoms. The lowest BCUT2D eigenvalue weighted by atomic mass is 9.77. The van der Waals surface area contributed by atoms with Gasteiger partial charge in [-0.15, -0.1) is 0 Å². The van der Waals surface area contributed by atoms with E-state index in [0.717, 1.165) is 72.8 Å². The molecule has 4 heteroatoms. The molecule has 1 N–H and O–H groups in total. The van der Waals surface area contributed by atoms with E-state index < -0.39 is 0 Å². The van der Waals surface area contributed by atoms with Gasteiger partial charge in [-0.25, -0.2) is 0 Å². The number of carbonyl (C=O) groups excluding carboxylic acids is 2. The van der Waals surface area contributed by atoms with Crippen LogP contribution in [0.25, 0.3) is 11.1 Å². The molecule has 2 saturated carbocycles. The van der Waals surface area contributed by atoms with Crippen LogP contribution in [-0.4, -0.2) is 23.2 Å². The van der Waals surface area contributed by atoms with Gasteiger partial charge in [0.2, 0.25) is 0 Å². The number of aryl methyl sites for hydroxylation is 2. The third-order valence-corrected chi connectivity index (χ3v) is 6.06. The summed E-state index contributed by atoms with van der Waals surface area (Å²) >= 11 is 0. The summed E-state index contributed by atoms with van der Waals surface area (Å²) in [6.45, 7) is 4.04. The molecule has 1 aromatic heterocycles. The second-order valence-electron chi connectivity index (χ2n) is 8.12. The first-order valence-corrected chi connectivity index (χ1v) is 9.88. The Morgan fingerprint density at radius 1 is 1.19 bits per heavy atom. The van der Waals surface area contributed by atoms with Crippen molar-refractivity contribution in [1.29, 1.82) is 0 Å². The Bertz CT molecular complexity index is 893.